The van der Waals surface area contributed by atoms with Crippen molar-refractivity contribution in [1.82, 2.24) is 9.78 Å². The molecule has 1 spiro atoms. The Morgan fingerprint density at radius 2 is 2.10 bits per heavy atom. The van der Waals surface area contributed by atoms with Gasteiger partial charge in [-0.05, 0) is 31.5 Å². The number of fused-ring (bicyclic) bond motifs is 2. The van der Waals surface area contributed by atoms with Gasteiger partial charge in [-0.3, -0.25) is 14.5 Å². The van der Waals surface area contributed by atoms with Gasteiger partial charge in [0.2, 0.25) is 0 Å². The molecule has 0 radical (unpaired) electrons. The second-order valence-electron chi connectivity index (χ2n) is 8.33. The molecule has 1 aromatic carbocycles. The second-order valence-corrected chi connectivity index (χ2v) is 11.3. The van der Waals surface area contributed by atoms with Crippen LogP contribution in [0, 0.1) is 0 Å². The van der Waals surface area contributed by atoms with E-state index in [0.717, 1.165) is 0 Å². The average molecular weight is 451 g/mol. The molecule has 2 N–H and O–H groups in total. The monoisotopic (exact) mass is 450 g/mol. The molecule has 0 amide bonds. The maximum Gasteiger partial charge on any atom is 0.188 e. The van der Waals surface area contributed by atoms with Crippen LogP contribution in [0.25, 0.3) is 0 Å². The van der Waals surface area contributed by atoms with E-state index in [1.54, 1.807) is 45.3 Å². The molecule has 0 fully saturated rings. The summed E-state index contributed by atoms with van der Waals surface area (Å²) in [6.07, 6.45) is 2.02. The van der Waals surface area contributed by atoms with Crippen LogP contribution in [0.2, 0.25) is 5.02 Å². The molecule has 160 valence electrons. The number of aromatic nitrogens is 2. The minimum absolute atomic E-state index is 0.0670. The van der Waals surface area contributed by atoms with Gasteiger partial charge in [-0.15, -0.1) is 0 Å². The van der Waals surface area contributed by atoms with E-state index >= 15 is 0 Å². The first kappa shape index (κ1) is 20.9. The fourth-order valence-electron chi connectivity index (χ4n) is 3.88. The fourth-order valence-corrected chi connectivity index (χ4v) is 5.88. The number of halogens is 1. The molecule has 2 aliphatic heterocycles. The number of hydrogen-bond acceptors (Lipinski definition) is 7. The predicted octanol–water partition coefficient (Wildman–Crippen LogP) is 2.04. The number of benzene rings is 1. The summed E-state index contributed by atoms with van der Waals surface area (Å²) in [5, 5.41) is 4.40. The molecule has 0 saturated carbocycles. The van der Waals surface area contributed by atoms with Gasteiger partial charge in [0.1, 0.15) is 27.6 Å². The molecule has 3 heterocycles. The Morgan fingerprint density at radius 1 is 1.37 bits per heavy atom. The van der Waals surface area contributed by atoms with Gasteiger partial charge in [0.25, 0.3) is 0 Å². The maximum atomic E-state index is 13.0. The summed E-state index contributed by atoms with van der Waals surface area (Å²) in [6.45, 7) is 3.47. The topological polar surface area (TPSA) is 117 Å². The summed E-state index contributed by atoms with van der Waals surface area (Å²) in [5.41, 5.74) is 6.62. The largest absolute Gasteiger partial charge is 0.493 e. The normalized spacial score (nSPS) is 24.1. The summed E-state index contributed by atoms with van der Waals surface area (Å²) in [6, 6.07) is 5.31. The zero-order valence-corrected chi connectivity index (χ0v) is 18.5. The predicted molar refractivity (Wildman–Crippen MR) is 114 cm³/mol. The number of amidine groups is 1. The Balaban J connectivity index is 1.75. The van der Waals surface area contributed by atoms with E-state index in [1.807, 2.05) is 0 Å². The standard InChI is InChI=1S/C20H23ClN4O4S/c1-19(2)18(22)23-20(11-30(19,27)28)6-7-29-16-5-4-12(8-13(16)20)9-15(26)17-14(21)10-25(3)24-17/h4-5,8,10H,6-7,9,11H2,1-3H3,(H2,22,23)/t20-/m0/s1. The number of ketones is 1. The number of ether oxygens (including phenoxy) is 1. The number of aliphatic imine (C=N–C) groups is 1. The van der Waals surface area contributed by atoms with Gasteiger partial charge < -0.3 is 10.5 Å². The lowest BCUT2D eigenvalue weighted by Gasteiger charge is -2.42. The number of rotatable bonds is 3. The Hall–Kier alpha value is -2.39. The molecular formula is C20H23ClN4O4S. The van der Waals surface area contributed by atoms with Crippen LogP contribution in [0.15, 0.2) is 29.4 Å². The first-order chi connectivity index (χ1) is 13.9. The van der Waals surface area contributed by atoms with Gasteiger partial charge >= 0.3 is 0 Å². The van der Waals surface area contributed by atoms with Crippen LogP contribution in [0.4, 0.5) is 0 Å². The zero-order chi connectivity index (χ0) is 21.9. The third kappa shape index (κ3) is 3.20. The summed E-state index contributed by atoms with van der Waals surface area (Å²) in [4.78, 5) is 17.4. The van der Waals surface area contributed by atoms with Crippen molar-refractivity contribution in [2.24, 2.45) is 17.8 Å². The van der Waals surface area contributed by atoms with Crippen molar-refractivity contribution in [3.8, 4) is 5.75 Å². The molecule has 0 unspecified atom stereocenters. The molecule has 30 heavy (non-hydrogen) atoms. The number of sulfone groups is 1. The highest BCUT2D eigenvalue weighted by molar-refractivity contribution is 7.93. The highest BCUT2D eigenvalue weighted by atomic mass is 35.5. The number of nitrogens with two attached hydrogens (primary N) is 1. The fraction of sp³-hybridized carbons (Fsp3) is 0.450. The van der Waals surface area contributed by atoms with Crippen molar-refractivity contribution < 1.29 is 17.9 Å². The molecule has 2 aromatic rings. The number of carbonyl (C=O) groups excluding carboxylic acids is 1. The van der Waals surface area contributed by atoms with E-state index in [0.29, 0.717) is 34.9 Å². The summed E-state index contributed by atoms with van der Waals surface area (Å²) >= 11 is 6.09. The molecule has 0 aliphatic carbocycles. The third-order valence-electron chi connectivity index (χ3n) is 5.89. The highest BCUT2D eigenvalue weighted by Crippen LogP contribution is 2.45. The van der Waals surface area contributed by atoms with Crippen LogP contribution < -0.4 is 10.5 Å². The van der Waals surface area contributed by atoms with Crippen molar-refractivity contribution in [2.45, 2.75) is 37.0 Å². The Bertz CT molecular complexity index is 1190. The summed E-state index contributed by atoms with van der Waals surface area (Å²) in [7, 11) is -1.86. The Morgan fingerprint density at radius 3 is 2.73 bits per heavy atom. The second kappa shape index (κ2) is 6.81. The minimum atomic E-state index is -3.55. The smallest absolute Gasteiger partial charge is 0.188 e. The van der Waals surface area contributed by atoms with Crippen molar-refractivity contribution >= 4 is 33.1 Å². The first-order valence-electron chi connectivity index (χ1n) is 9.52. The van der Waals surface area contributed by atoms with E-state index < -0.39 is 20.1 Å². The number of aryl methyl sites for hydroxylation is 1. The summed E-state index contributed by atoms with van der Waals surface area (Å²) in [5.74, 6) is 0.253. The quantitative estimate of drug-likeness (QED) is 0.715. The molecule has 2 aliphatic rings. The van der Waals surface area contributed by atoms with Crippen LogP contribution in [0.5, 0.6) is 5.75 Å². The molecule has 4 rings (SSSR count). The van der Waals surface area contributed by atoms with Crippen LogP contribution >= 0.6 is 11.6 Å². The van der Waals surface area contributed by atoms with Crippen molar-refractivity contribution in [1.29, 1.82) is 0 Å². The van der Waals surface area contributed by atoms with Gasteiger partial charge in [0, 0.05) is 31.6 Å². The number of carbonyl (C=O) groups is 1. The van der Waals surface area contributed by atoms with Crippen LogP contribution in [-0.2, 0) is 28.8 Å². The van der Waals surface area contributed by atoms with Gasteiger partial charge in [-0.2, -0.15) is 5.10 Å². The van der Waals surface area contributed by atoms with Crippen LogP contribution in [0.3, 0.4) is 0 Å². The van der Waals surface area contributed by atoms with Crippen molar-refractivity contribution in [3.05, 3.63) is 46.2 Å². The Kier molecular flexibility index (Phi) is 4.74. The van der Waals surface area contributed by atoms with Gasteiger partial charge in [0.15, 0.2) is 15.6 Å². The minimum Gasteiger partial charge on any atom is -0.493 e. The number of Topliss-reactive ketones (excluding diaryl/α,β-unsaturated/α-hetero) is 1. The van der Waals surface area contributed by atoms with Gasteiger partial charge in [0.05, 0.1) is 17.4 Å². The molecule has 1 aromatic heterocycles. The van der Waals surface area contributed by atoms with E-state index in [2.05, 4.69) is 10.1 Å². The van der Waals surface area contributed by atoms with E-state index in [1.165, 1.54) is 4.68 Å². The lowest BCUT2D eigenvalue weighted by molar-refractivity contribution is 0.0987. The maximum absolute atomic E-state index is 13.0. The van der Waals surface area contributed by atoms with Crippen LogP contribution in [0.1, 0.15) is 41.9 Å². The van der Waals surface area contributed by atoms with E-state index in [4.69, 9.17) is 22.1 Å². The lowest BCUT2D eigenvalue weighted by atomic mass is 9.84. The summed E-state index contributed by atoms with van der Waals surface area (Å²) < 4.78 is 32.0. The van der Waals surface area contributed by atoms with Gasteiger partial charge in [-0.1, -0.05) is 17.7 Å². The molecule has 10 heteroatoms. The number of nitrogens with zero attached hydrogens (tertiary/aromatic N) is 3. The molecule has 0 bridgehead atoms. The molecule has 0 saturated heterocycles. The van der Waals surface area contributed by atoms with Crippen LogP contribution in [-0.4, -0.2) is 46.9 Å². The highest BCUT2D eigenvalue weighted by Gasteiger charge is 2.52. The average Bonchev–Trinajstić information content (AvgIpc) is 2.99. The third-order valence-corrected chi connectivity index (χ3v) is 8.79. The number of hydrogen-bond donors (Lipinski definition) is 1. The Labute approximate surface area is 180 Å². The van der Waals surface area contributed by atoms with Gasteiger partial charge in [-0.25, -0.2) is 8.42 Å². The first-order valence-corrected chi connectivity index (χ1v) is 11.5. The zero-order valence-electron chi connectivity index (χ0n) is 17.0. The van der Waals surface area contributed by atoms with E-state index in [9.17, 15) is 13.2 Å². The van der Waals surface area contributed by atoms with Crippen molar-refractivity contribution in [2.75, 3.05) is 12.4 Å². The lowest BCUT2D eigenvalue weighted by Crippen LogP contribution is -2.56. The SMILES string of the molecule is Cn1cc(Cl)c(C(=O)Cc2ccc3c(c2)[C@]2(CCO3)CS(=O)(=O)C(C)(C)C(N)=N2)n1. The molecule has 8 nitrogen and oxygen atoms in total. The van der Waals surface area contributed by atoms with E-state index in [-0.39, 0.29) is 29.5 Å². The van der Waals surface area contributed by atoms with Crippen molar-refractivity contribution in [3.63, 3.8) is 0 Å². The molecule has 1 atom stereocenters. The molecular weight excluding hydrogens is 428 g/mol.